The standard InChI is InChI=1S/C7H5NO5/c9-4-2-1-3-5-6(4)13-7(12-5)8(10)11/h1-3,7,9H. The molecule has 1 heterocycles. The Bertz CT molecular complexity index is 364. The van der Waals surface area contributed by atoms with Gasteiger partial charge in [-0.2, -0.15) is 0 Å². The van der Waals surface area contributed by atoms with Crippen molar-refractivity contribution in [2.45, 2.75) is 6.41 Å². The summed E-state index contributed by atoms with van der Waals surface area (Å²) >= 11 is 0. The van der Waals surface area contributed by atoms with E-state index in [2.05, 4.69) is 0 Å². The molecular weight excluding hydrogens is 178 g/mol. The molecular formula is C7H5NO5. The van der Waals surface area contributed by atoms with Crippen LogP contribution in [-0.4, -0.2) is 16.4 Å². The fraction of sp³-hybridized carbons (Fsp3) is 0.143. The quantitative estimate of drug-likeness (QED) is 0.512. The van der Waals surface area contributed by atoms with Gasteiger partial charge in [-0.25, -0.2) is 0 Å². The molecule has 1 aromatic carbocycles. The van der Waals surface area contributed by atoms with E-state index in [-0.39, 0.29) is 17.2 Å². The van der Waals surface area contributed by atoms with Crippen LogP contribution in [0.15, 0.2) is 18.2 Å². The van der Waals surface area contributed by atoms with Gasteiger partial charge in [0.1, 0.15) is 4.92 Å². The molecule has 1 aliphatic rings. The molecule has 0 spiro atoms. The number of nitro groups is 1. The number of hydrogen-bond donors (Lipinski definition) is 1. The third-order valence-corrected chi connectivity index (χ3v) is 1.58. The zero-order valence-electron chi connectivity index (χ0n) is 6.34. The molecule has 0 aliphatic carbocycles. The molecule has 0 saturated heterocycles. The maximum absolute atomic E-state index is 10.3. The maximum atomic E-state index is 10.3. The normalized spacial score (nSPS) is 18.6. The van der Waals surface area contributed by atoms with Gasteiger partial charge in [0.25, 0.3) is 0 Å². The van der Waals surface area contributed by atoms with Gasteiger partial charge in [0.15, 0.2) is 11.5 Å². The summed E-state index contributed by atoms with van der Waals surface area (Å²) in [6, 6.07) is 4.36. The second-order valence-electron chi connectivity index (χ2n) is 2.43. The zero-order valence-corrected chi connectivity index (χ0v) is 6.34. The molecule has 1 N–H and O–H groups in total. The Morgan fingerprint density at radius 1 is 1.46 bits per heavy atom. The van der Waals surface area contributed by atoms with Gasteiger partial charge in [0, 0.05) is 0 Å². The van der Waals surface area contributed by atoms with Crippen LogP contribution in [-0.2, 0) is 0 Å². The Hall–Kier alpha value is -1.98. The molecule has 0 aromatic heterocycles. The predicted octanol–water partition coefficient (Wildman–Crippen LogP) is 0.724. The molecule has 0 radical (unpaired) electrons. The molecule has 1 unspecified atom stereocenters. The van der Waals surface area contributed by atoms with E-state index in [4.69, 9.17) is 9.47 Å². The van der Waals surface area contributed by atoms with Crippen LogP contribution in [0.25, 0.3) is 0 Å². The van der Waals surface area contributed by atoms with E-state index in [1.807, 2.05) is 0 Å². The van der Waals surface area contributed by atoms with Crippen molar-refractivity contribution in [1.82, 2.24) is 0 Å². The van der Waals surface area contributed by atoms with Crippen molar-refractivity contribution in [3.05, 3.63) is 28.3 Å². The molecule has 1 aromatic rings. The Balaban J connectivity index is 2.35. The van der Waals surface area contributed by atoms with Gasteiger partial charge >= 0.3 is 6.41 Å². The Morgan fingerprint density at radius 3 is 2.85 bits per heavy atom. The minimum atomic E-state index is -1.55. The largest absolute Gasteiger partial charge is 0.518 e. The van der Waals surface area contributed by atoms with Gasteiger partial charge in [-0.1, -0.05) is 6.07 Å². The monoisotopic (exact) mass is 183 g/mol. The molecule has 68 valence electrons. The molecule has 13 heavy (non-hydrogen) atoms. The van der Waals surface area contributed by atoms with E-state index < -0.39 is 11.3 Å². The van der Waals surface area contributed by atoms with Gasteiger partial charge in [-0.3, -0.25) is 10.1 Å². The number of benzene rings is 1. The summed E-state index contributed by atoms with van der Waals surface area (Å²) in [5.41, 5.74) is 0. The molecule has 2 rings (SSSR count). The smallest absolute Gasteiger partial charge is 0.504 e. The molecule has 1 aliphatic heterocycles. The molecule has 0 bridgehead atoms. The first-order chi connectivity index (χ1) is 6.18. The highest BCUT2D eigenvalue weighted by atomic mass is 16.8. The number of ether oxygens (including phenoxy) is 2. The van der Waals surface area contributed by atoms with Gasteiger partial charge in [0.2, 0.25) is 5.75 Å². The molecule has 6 heteroatoms. The van der Waals surface area contributed by atoms with Crippen molar-refractivity contribution in [3.63, 3.8) is 0 Å². The van der Waals surface area contributed by atoms with E-state index >= 15 is 0 Å². The maximum Gasteiger partial charge on any atom is 0.518 e. The zero-order chi connectivity index (χ0) is 9.42. The first-order valence-corrected chi connectivity index (χ1v) is 3.47. The second kappa shape index (κ2) is 2.51. The van der Waals surface area contributed by atoms with Crippen molar-refractivity contribution in [1.29, 1.82) is 0 Å². The number of para-hydroxylation sites is 1. The van der Waals surface area contributed by atoms with Crippen LogP contribution in [0.4, 0.5) is 0 Å². The number of rotatable bonds is 1. The Morgan fingerprint density at radius 2 is 2.23 bits per heavy atom. The molecule has 0 amide bonds. The average molecular weight is 183 g/mol. The summed E-state index contributed by atoms with van der Waals surface area (Å²) < 4.78 is 9.50. The lowest BCUT2D eigenvalue weighted by molar-refractivity contribution is -0.600. The van der Waals surface area contributed by atoms with Crippen molar-refractivity contribution in [2.24, 2.45) is 0 Å². The minimum Gasteiger partial charge on any atom is -0.504 e. The number of phenolic OH excluding ortho intramolecular Hbond substituents is 1. The highest BCUT2D eigenvalue weighted by molar-refractivity contribution is 5.51. The molecule has 6 nitrogen and oxygen atoms in total. The summed E-state index contributed by atoms with van der Waals surface area (Å²) in [7, 11) is 0. The van der Waals surface area contributed by atoms with Crippen LogP contribution >= 0.6 is 0 Å². The average Bonchev–Trinajstić information content (AvgIpc) is 2.49. The molecule has 0 saturated carbocycles. The number of nitrogens with zero attached hydrogens (tertiary/aromatic N) is 1. The van der Waals surface area contributed by atoms with Crippen LogP contribution < -0.4 is 9.47 Å². The number of fused-ring (bicyclic) bond motifs is 1. The Labute approximate surface area is 72.5 Å². The fourth-order valence-electron chi connectivity index (χ4n) is 1.04. The van der Waals surface area contributed by atoms with Crippen LogP contribution in [0.3, 0.4) is 0 Å². The number of phenols is 1. The minimum absolute atomic E-state index is 0.0178. The van der Waals surface area contributed by atoms with Crippen molar-refractivity contribution in [3.8, 4) is 17.2 Å². The predicted molar refractivity (Wildman–Crippen MR) is 40.1 cm³/mol. The number of aromatic hydroxyl groups is 1. The Kier molecular flexibility index (Phi) is 1.48. The highest BCUT2D eigenvalue weighted by Gasteiger charge is 2.35. The van der Waals surface area contributed by atoms with Gasteiger partial charge in [0.05, 0.1) is 0 Å². The summed E-state index contributed by atoms with van der Waals surface area (Å²) in [6.07, 6.45) is -1.55. The second-order valence-corrected chi connectivity index (χ2v) is 2.43. The summed E-state index contributed by atoms with van der Waals surface area (Å²) in [5, 5.41) is 19.5. The topological polar surface area (TPSA) is 81.8 Å². The first-order valence-electron chi connectivity index (χ1n) is 3.47. The van der Waals surface area contributed by atoms with E-state index in [1.165, 1.54) is 18.2 Å². The van der Waals surface area contributed by atoms with Crippen molar-refractivity contribution in [2.75, 3.05) is 0 Å². The SMILES string of the molecule is O=[N+]([O-])C1Oc2cccc(O)c2O1. The highest BCUT2D eigenvalue weighted by Crippen LogP contribution is 2.41. The lowest BCUT2D eigenvalue weighted by atomic mass is 10.3. The van der Waals surface area contributed by atoms with Gasteiger partial charge in [-0.15, -0.1) is 0 Å². The van der Waals surface area contributed by atoms with Gasteiger partial charge in [-0.05, 0) is 12.1 Å². The summed E-state index contributed by atoms with van der Waals surface area (Å²) in [5.74, 6) is 0.0350. The molecule has 0 fully saturated rings. The molecule has 1 atom stereocenters. The summed E-state index contributed by atoms with van der Waals surface area (Å²) in [4.78, 5) is 9.53. The van der Waals surface area contributed by atoms with Crippen LogP contribution in [0, 0.1) is 10.1 Å². The lowest BCUT2D eigenvalue weighted by Gasteiger charge is -1.98. The van der Waals surface area contributed by atoms with E-state index in [0.717, 1.165) is 0 Å². The van der Waals surface area contributed by atoms with Gasteiger partial charge < -0.3 is 14.6 Å². The van der Waals surface area contributed by atoms with Crippen LogP contribution in [0.5, 0.6) is 17.2 Å². The van der Waals surface area contributed by atoms with E-state index in [0.29, 0.717) is 0 Å². The van der Waals surface area contributed by atoms with Crippen LogP contribution in [0.2, 0.25) is 0 Å². The summed E-state index contributed by atoms with van der Waals surface area (Å²) in [6.45, 7) is 0. The van der Waals surface area contributed by atoms with Crippen molar-refractivity contribution >= 4 is 0 Å². The van der Waals surface area contributed by atoms with Crippen LogP contribution in [0.1, 0.15) is 0 Å². The number of hydrogen-bond acceptors (Lipinski definition) is 5. The third-order valence-electron chi connectivity index (χ3n) is 1.58. The fourth-order valence-corrected chi connectivity index (χ4v) is 1.04. The first kappa shape index (κ1) is 7.66. The lowest BCUT2D eigenvalue weighted by Crippen LogP contribution is -2.27. The van der Waals surface area contributed by atoms with Crippen molar-refractivity contribution < 1.29 is 19.5 Å². The van der Waals surface area contributed by atoms with E-state index in [1.54, 1.807) is 0 Å². The van der Waals surface area contributed by atoms with E-state index in [9.17, 15) is 15.2 Å². The third kappa shape index (κ3) is 1.12.